The van der Waals surface area contributed by atoms with Gasteiger partial charge < -0.3 is 27.0 Å². The molecule has 0 aromatic heterocycles. The van der Waals surface area contributed by atoms with Gasteiger partial charge in [0.1, 0.15) is 24.2 Å². The van der Waals surface area contributed by atoms with Crippen molar-refractivity contribution in [3.8, 4) is 0 Å². The molecule has 0 saturated heterocycles. The third kappa shape index (κ3) is 9.76. The standard InChI is InChI=1S/C25H39N5O5/c1-7-15(4)21(28-17(6)31)25(35)30-20(14(2)3)24(34)29-19(13-18-11-9-8-10-12-18)23(33)27-16(5)22(26)32/h8-12,14-16,19-21H,7,13H2,1-6H3,(H2,26,32)(H,27,33)(H,28,31)(H,29,34)(H,30,35)/t15-,16+,19?,20?,21?/m0/s1. The van der Waals surface area contributed by atoms with Crippen LogP contribution in [0.25, 0.3) is 0 Å². The molecule has 1 aromatic rings. The molecule has 10 nitrogen and oxygen atoms in total. The molecular formula is C25H39N5O5. The first-order valence-electron chi connectivity index (χ1n) is 11.9. The molecule has 5 atom stereocenters. The van der Waals surface area contributed by atoms with Crippen molar-refractivity contribution in [1.82, 2.24) is 21.3 Å². The quantitative estimate of drug-likeness (QED) is 0.271. The summed E-state index contributed by atoms with van der Waals surface area (Å²) in [4.78, 5) is 62.2. The highest BCUT2D eigenvalue weighted by atomic mass is 16.2. The molecule has 0 aliphatic heterocycles. The number of benzene rings is 1. The molecule has 5 amide bonds. The second-order valence-electron chi connectivity index (χ2n) is 9.18. The average Bonchev–Trinajstić information content (AvgIpc) is 2.79. The third-order valence-electron chi connectivity index (χ3n) is 5.80. The van der Waals surface area contributed by atoms with Crippen molar-refractivity contribution in [3.63, 3.8) is 0 Å². The van der Waals surface area contributed by atoms with Crippen LogP contribution in [-0.4, -0.2) is 53.7 Å². The normalized spacial score (nSPS) is 15.2. The molecule has 1 rings (SSSR count). The lowest BCUT2D eigenvalue weighted by molar-refractivity contribution is -0.135. The lowest BCUT2D eigenvalue weighted by Crippen LogP contribution is -2.60. The lowest BCUT2D eigenvalue weighted by Gasteiger charge is -2.29. The number of nitrogens with one attached hydrogen (secondary N) is 4. The van der Waals surface area contributed by atoms with Crippen LogP contribution >= 0.6 is 0 Å². The van der Waals surface area contributed by atoms with Crippen LogP contribution in [0.1, 0.15) is 53.5 Å². The molecule has 0 spiro atoms. The highest BCUT2D eigenvalue weighted by Crippen LogP contribution is 2.11. The van der Waals surface area contributed by atoms with E-state index in [-0.39, 0.29) is 24.2 Å². The molecular weight excluding hydrogens is 450 g/mol. The summed E-state index contributed by atoms with van der Waals surface area (Å²) in [6.45, 7) is 10.1. The summed E-state index contributed by atoms with van der Waals surface area (Å²) >= 11 is 0. The largest absolute Gasteiger partial charge is 0.368 e. The summed E-state index contributed by atoms with van der Waals surface area (Å²) in [5, 5.41) is 10.6. The van der Waals surface area contributed by atoms with Crippen LogP contribution in [-0.2, 0) is 30.4 Å². The Morgan fingerprint density at radius 1 is 0.800 bits per heavy atom. The van der Waals surface area contributed by atoms with Crippen LogP contribution in [0.15, 0.2) is 30.3 Å². The first-order valence-corrected chi connectivity index (χ1v) is 11.9. The van der Waals surface area contributed by atoms with E-state index in [0.717, 1.165) is 5.56 Å². The predicted molar refractivity (Wildman–Crippen MR) is 133 cm³/mol. The molecule has 35 heavy (non-hydrogen) atoms. The fourth-order valence-corrected chi connectivity index (χ4v) is 3.40. The minimum Gasteiger partial charge on any atom is -0.368 e. The van der Waals surface area contributed by atoms with E-state index in [9.17, 15) is 24.0 Å². The zero-order valence-electron chi connectivity index (χ0n) is 21.4. The van der Waals surface area contributed by atoms with Crippen LogP contribution in [0.4, 0.5) is 0 Å². The van der Waals surface area contributed by atoms with E-state index >= 15 is 0 Å². The SMILES string of the molecule is CC[C@H](C)C(NC(C)=O)C(=O)NC(C(=O)NC(Cc1ccccc1)C(=O)N[C@H](C)C(N)=O)C(C)C. The molecule has 0 aliphatic carbocycles. The molecule has 3 unspecified atom stereocenters. The molecule has 0 aliphatic rings. The van der Waals surface area contributed by atoms with Gasteiger partial charge in [-0.05, 0) is 24.3 Å². The monoisotopic (exact) mass is 489 g/mol. The predicted octanol–water partition coefficient (Wildman–Crippen LogP) is 0.396. The first kappa shape index (κ1) is 29.6. The van der Waals surface area contributed by atoms with Crippen LogP contribution < -0.4 is 27.0 Å². The van der Waals surface area contributed by atoms with Gasteiger partial charge in [-0.2, -0.15) is 0 Å². The maximum Gasteiger partial charge on any atom is 0.243 e. The number of nitrogens with two attached hydrogens (primary N) is 1. The van der Waals surface area contributed by atoms with Crippen LogP contribution in [0.3, 0.4) is 0 Å². The van der Waals surface area contributed by atoms with E-state index in [0.29, 0.717) is 6.42 Å². The zero-order chi connectivity index (χ0) is 26.7. The maximum absolute atomic E-state index is 13.2. The number of amides is 5. The molecule has 1 aromatic carbocycles. The van der Waals surface area contributed by atoms with E-state index in [1.807, 2.05) is 44.2 Å². The molecule has 0 saturated carbocycles. The molecule has 0 bridgehead atoms. The fourth-order valence-electron chi connectivity index (χ4n) is 3.40. The van der Waals surface area contributed by atoms with Gasteiger partial charge in [-0.15, -0.1) is 0 Å². The second-order valence-corrected chi connectivity index (χ2v) is 9.18. The molecule has 0 heterocycles. The van der Waals surface area contributed by atoms with Gasteiger partial charge in [-0.1, -0.05) is 64.4 Å². The highest BCUT2D eigenvalue weighted by molar-refractivity contribution is 5.95. The van der Waals surface area contributed by atoms with Crippen molar-refractivity contribution in [2.24, 2.45) is 17.6 Å². The fraction of sp³-hybridized carbons (Fsp3) is 0.560. The first-order chi connectivity index (χ1) is 16.4. The van der Waals surface area contributed by atoms with Crippen LogP contribution in [0, 0.1) is 11.8 Å². The third-order valence-corrected chi connectivity index (χ3v) is 5.80. The topological polar surface area (TPSA) is 159 Å². The number of rotatable bonds is 13. The van der Waals surface area contributed by atoms with E-state index in [2.05, 4.69) is 21.3 Å². The molecule has 10 heteroatoms. The van der Waals surface area contributed by atoms with E-state index in [4.69, 9.17) is 5.73 Å². The molecule has 6 N–H and O–H groups in total. The number of hydrogen-bond donors (Lipinski definition) is 5. The van der Waals surface area contributed by atoms with Gasteiger partial charge in [0.2, 0.25) is 29.5 Å². The van der Waals surface area contributed by atoms with Crippen molar-refractivity contribution in [2.75, 3.05) is 0 Å². The van der Waals surface area contributed by atoms with Gasteiger partial charge in [0.05, 0.1) is 0 Å². The number of carbonyl (C=O) groups excluding carboxylic acids is 5. The summed E-state index contributed by atoms with van der Waals surface area (Å²) in [5.74, 6) is -3.11. The zero-order valence-corrected chi connectivity index (χ0v) is 21.4. The van der Waals surface area contributed by atoms with Crippen molar-refractivity contribution in [2.45, 2.75) is 78.6 Å². The Labute approximate surface area is 207 Å². The number of hydrogen-bond acceptors (Lipinski definition) is 5. The Hall–Kier alpha value is -3.43. The van der Waals surface area contributed by atoms with Gasteiger partial charge in [-0.25, -0.2) is 0 Å². The Morgan fingerprint density at radius 3 is 1.86 bits per heavy atom. The summed E-state index contributed by atoms with van der Waals surface area (Å²) in [5.41, 5.74) is 6.06. The summed E-state index contributed by atoms with van der Waals surface area (Å²) < 4.78 is 0. The second kappa shape index (κ2) is 14.1. The van der Waals surface area contributed by atoms with E-state index in [1.165, 1.54) is 13.8 Å². The van der Waals surface area contributed by atoms with Crippen molar-refractivity contribution in [3.05, 3.63) is 35.9 Å². The van der Waals surface area contributed by atoms with Crippen LogP contribution in [0.5, 0.6) is 0 Å². The van der Waals surface area contributed by atoms with Gasteiger partial charge >= 0.3 is 0 Å². The minimum atomic E-state index is -1.01. The molecule has 0 fully saturated rings. The highest BCUT2D eigenvalue weighted by Gasteiger charge is 2.33. The lowest BCUT2D eigenvalue weighted by atomic mass is 9.96. The van der Waals surface area contributed by atoms with E-state index < -0.39 is 47.8 Å². The van der Waals surface area contributed by atoms with Gasteiger partial charge in [0.15, 0.2) is 0 Å². The summed E-state index contributed by atoms with van der Waals surface area (Å²) in [6, 6.07) is 5.40. The van der Waals surface area contributed by atoms with Crippen molar-refractivity contribution < 1.29 is 24.0 Å². The Balaban J connectivity index is 3.10. The smallest absolute Gasteiger partial charge is 0.243 e. The van der Waals surface area contributed by atoms with Crippen LogP contribution in [0.2, 0.25) is 0 Å². The minimum absolute atomic E-state index is 0.151. The summed E-state index contributed by atoms with van der Waals surface area (Å²) in [6.07, 6.45) is 0.818. The molecule has 194 valence electrons. The van der Waals surface area contributed by atoms with Gasteiger partial charge in [0, 0.05) is 13.3 Å². The van der Waals surface area contributed by atoms with E-state index in [1.54, 1.807) is 13.8 Å². The Bertz CT molecular complexity index is 889. The Morgan fingerprint density at radius 2 is 1.37 bits per heavy atom. The maximum atomic E-state index is 13.2. The Kier molecular flexibility index (Phi) is 11.9. The summed E-state index contributed by atoms with van der Waals surface area (Å²) in [7, 11) is 0. The molecule has 0 radical (unpaired) electrons. The average molecular weight is 490 g/mol. The number of primary amides is 1. The van der Waals surface area contributed by atoms with Crippen molar-refractivity contribution in [1.29, 1.82) is 0 Å². The van der Waals surface area contributed by atoms with Crippen molar-refractivity contribution >= 4 is 29.5 Å². The van der Waals surface area contributed by atoms with Gasteiger partial charge in [-0.3, -0.25) is 24.0 Å². The van der Waals surface area contributed by atoms with Gasteiger partial charge in [0.25, 0.3) is 0 Å². The number of carbonyl (C=O) groups is 5.